The van der Waals surface area contributed by atoms with Gasteiger partial charge in [-0.05, 0) is 50.2 Å². The topological polar surface area (TPSA) is 58.6 Å². The Morgan fingerprint density at radius 2 is 1.68 bits per heavy atom. The number of anilines is 2. The van der Waals surface area contributed by atoms with Gasteiger partial charge in [0.05, 0.1) is 17.4 Å². The van der Waals surface area contributed by atoms with Crippen LogP contribution >= 0.6 is 0 Å². The zero-order valence-corrected chi connectivity index (χ0v) is 15.7. The summed E-state index contributed by atoms with van der Waals surface area (Å²) >= 11 is 0. The van der Waals surface area contributed by atoms with Gasteiger partial charge in [-0.15, -0.1) is 0 Å². The molecule has 0 radical (unpaired) electrons. The van der Waals surface area contributed by atoms with Crippen LogP contribution < -0.4 is 15.0 Å². The van der Waals surface area contributed by atoms with Crippen LogP contribution in [0.4, 0.5) is 24.5 Å². The Hall–Kier alpha value is -3.03. The Morgan fingerprint density at radius 1 is 1.07 bits per heavy atom. The molecule has 28 heavy (non-hydrogen) atoms. The number of carbonyl (C=O) groups is 2. The van der Waals surface area contributed by atoms with Crippen molar-refractivity contribution in [1.29, 1.82) is 0 Å². The predicted octanol–water partition coefficient (Wildman–Crippen LogP) is 4.48. The monoisotopic (exact) mass is 394 g/mol. The Bertz CT molecular complexity index is 833. The molecule has 0 unspecified atom stereocenters. The van der Waals surface area contributed by atoms with Gasteiger partial charge < -0.3 is 15.0 Å². The number of nitrogens with zero attached hydrogens (tertiary/aromatic N) is 1. The van der Waals surface area contributed by atoms with Crippen molar-refractivity contribution in [3.63, 3.8) is 0 Å². The Balaban J connectivity index is 2.15. The van der Waals surface area contributed by atoms with Gasteiger partial charge in [-0.25, -0.2) is 0 Å². The van der Waals surface area contributed by atoms with Crippen LogP contribution in [0.25, 0.3) is 0 Å². The number of ether oxygens (including phenoxy) is 1. The van der Waals surface area contributed by atoms with Crippen molar-refractivity contribution in [2.45, 2.75) is 33.1 Å². The van der Waals surface area contributed by atoms with Gasteiger partial charge in [0, 0.05) is 12.6 Å². The van der Waals surface area contributed by atoms with Crippen LogP contribution in [-0.2, 0) is 15.8 Å². The maximum absolute atomic E-state index is 12.7. The first kappa shape index (κ1) is 21.3. The number of halogens is 3. The van der Waals surface area contributed by atoms with Gasteiger partial charge >= 0.3 is 6.18 Å². The van der Waals surface area contributed by atoms with Gasteiger partial charge in [-0.1, -0.05) is 12.1 Å². The summed E-state index contributed by atoms with van der Waals surface area (Å²) in [5, 5.41) is 2.67. The molecule has 5 nitrogen and oxygen atoms in total. The standard InChI is InChI=1S/C20H21F3N2O3/c1-13(2)28-18-7-5-4-6-17(18)24-19(27)12-25(14(3)26)16-10-8-15(9-11-16)20(21,22)23/h4-11,13H,12H2,1-3H3,(H,24,27). The van der Waals surface area contributed by atoms with Crippen LogP contribution in [0.2, 0.25) is 0 Å². The van der Waals surface area contributed by atoms with Gasteiger partial charge in [-0.2, -0.15) is 13.2 Å². The van der Waals surface area contributed by atoms with Crippen molar-refractivity contribution in [1.82, 2.24) is 0 Å². The smallest absolute Gasteiger partial charge is 0.416 e. The molecule has 0 fully saturated rings. The highest BCUT2D eigenvalue weighted by Gasteiger charge is 2.30. The molecule has 0 heterocycles. The Kier molecular flexibility index (Phi) is 6.66. The Morgan fingerprint density at radius 3 is 2.21 bits per heavy atom. The average Bonchev–Trinajstić information content (AvgIpc) is 2.60. The number of carbonyl (C=O) groups excluding carboxylic acids is 2. The molecule has 0 saturated carbocycles. The first-order valence-electron chi connectivity index (χ1n) is 8.59. The molecule has 2 aromatic carbocycles. The van der Waals surface area contributed by atoms with E-state index < -0.39 is 23.6 Å². The summed E-state index contributed by atoms with van der Waals surface area (Å²) in [6.45, 7) is 4.58. The molecule has 0 saturated heterocycles. The zero-order chi connectivity index (χ0) is 20.9. The highest BCUT2D eigenvalue weighted by Crippen LogP contribution is 2.30. The van der Waals surface area contributed by atoms with Crippen LogP contribution in [-0.4, -0.2) is 24.5 Å². The molecule has 0 atom stereocenters. The number of hydrogen-bond acceptors (Lipinski definition) is 3. The molecule has 0 aliphatic carbocycles. The predicted molar refractivity (Wildman–Crippen MR) is 100 cm³/mol. The summed E-state index contributed by atoms with van der Waals surface area (Å²) in [6, 6.07) is 10.9. The van der Waals surface area contributed by atoms with Gasteiger partial charge in [-0.3, -0.25) is 9.59 Å². The molecule has 1 N–H and O–H groups in total. The second-order valence-corrected chi connectivity index (χ2v) is 6.36. The van der Waals surface area contributed by atoms with Crippen molar-refractivity contribution in [2.24, 2.45) is 0 Å². The minimum Gasteiger partial charge on any atom is -0.489 e. The van der Waals surface area contributed by atoms with Crippen molar-refractivity contribution < 1.29 is 27.5 Å². The molecule has 8 heteroatoms. The number of hydrogen-bond donors (Lipinski definition) is 1. The van der Waals surface area contributed by atoms with E-state index in [0.717, 1.165) is 29.2 Å². The van der Waals surface area contributed by atoms with Crippen LogP contribution in [0, 0.1) is 0 Å². The van der Waals surface area contributed by atoms with E-state index in [4.69, 9.17) is 4.74 Å². The van der Waals surface area contributed by atoms with E-state index in [2.05, 4.69) is 5.32 Å². The molecule has 0 aromatic heterocycles. The second kappa shape index (κ2) is 8.77. The molecular weight excluding hydrogens is 373 g/mol. The minimum absolute atomic E-state index is 0.0982. The lowest BCUT2D eigenvalue weighted by molar-refractivity contribution is -0.137. The molecule has 2 amide bonds. The van der Waals surface area contributed by atoms with Crippen molar-refractivity contribution in [3.05, 3.63) is 54.1 Å². The fourth-order valence-electron chi connectivity index (χ4n) is 2.47. The summed E-state index contributed by atoms with van der Waals surface area (Å²) in [6.07, 6.45) is -4.57. The Labute approximate surface area is 161 Å². The third-order valence-corrected chi connectivity index (χ3v) is 3.71. The number of nitrogens with one attached hydrogen (secondary N) is 1. The van der Waals surface area contributed by atoms with Gasteiger partial charge in [0.15, 0.2) is 0 Å². The number of amides is 2. The lowest BCUT2D eigenvalue weighted by Crippen LogP contribution is -2.36. The molecule has 0 bridgehead atoms. The summed E-state index contributed by atoms with van der Waals surface area (Å²) < 4.78 is 43.7. The minimum atomic E-state index is -4.48. The molecule has 2 aromatic rings. The maximum atomic E-state index is 12.7. The summed E-state index contributed by atoms with van der Waals surface area (Å²) in [7, 11) is 0. The fourth-order valence-corrected chi connectivity index (χ4v) is 2.47. The molecule has 0 aliphatic rings. The van der Waals surface area contributed by atoms with Gasteiger partial charge in [0.2, 0.25) is 11.8 Å². The number of benzene rings is 2. The largest absolute Gasteiger partial charge is 0.489 e. The van der Waals surface area contributed by atoms with Crippen molar-refractivity contribution in [3.8, 4) is 5.75 Å². The zero-order valence-electron chi connectivity index (χ0n) is 15.7. The van der Waals surface area contributed by atoms with Crippen LogP contribution in [0.1, 0.15) is 26.3 Å². The molecule has 0 spiro atoms. The van der Waals surface area contributed by atoms with Gasteiger partial charge in [0.1, 0.15) is 12.3 Å². The molecule has 150 valence electrons. The van der Waals surface area contributed by atoms with Gasteiger partial charge in [0.25, 0.3) is 0 Å². The summed E-state index contributed by atoms with van der Waals surface area (Å²) in [4.78, 5) is 25.4. The van der Waals surface area contributed by atoms with E-state index in [1.165, 1.54) is 6.92 Å². The lowest BCUT2D eigenvalue weighted by Gasteiger charge is -2.22. The van der Waals surface area contributed by atoms with Crippen LogP contribution in [0.15, 0.2) is 48.5 Å². The third-order valence-electron chi connectivity index (χ3n) is 3.71. The molecule has 0 aliphatic heterocycles. The maximum Gasteiger partial charge on any atom is 0.416 e. The van der Waals surface area contributed by atoms with Crippen LogP contribution in [0.5, 0.6) is 5.75 Å². The molecular formula is C20H21F3N2O3. The van der Waals surface area contributed by atoms with E-state index in [9.17, 15) is 22.8 Å². The van der Waals surface area contributed by atoms with E-state index in [-0.39, 0.29) is 18.3 Å². The van der Waals surface area contributed by atoms with E-state index in [1.54, 1.807) is 24.3 Å². The second-order valence-electron chi connectivity index (χ2n) is 6.36. The third kappa shape index (κ3) is 5.73. The highest BCUT2D eigenvalue weighted by atomic mass is 19.4. The van der Waals surface area contributed by atoms with E-state index in [1.807, 2.05) is 13.8 Å². The van der Waals surface area contributed by atoms with Crippen molar-refractivity contribution in [2.75, 3.05) is 16.8 Å². The average molecular weight is 394 g/mol. The summed E-state index contributed by atoms with van der Waals surface area (Å²) in [5.41, 5.74) is -0.191. The highest BCUT2D eigenvalue weighted by molar-refractivity contribution is 6.02. The lowest BCUT2D eigenvalue weighted by atomic mass is 10.2. The van der Waals surface area contributed by atoms with Crippen molar-refractivity contribution >= 4 is 23.2 Å². The van der Waals surface area contributed by atoms with E-state index in [0.29, 0.717) is 11.4 Å². The number of rotatable bonds is 6. The normalized spacial score (nSPS) is 11.2. The number of para-hydroxylation sites is 2. The fraction of sp³-hybridized carbons (Fsp3) is 0.300. The molecule has 2 rings (SSSR count). The first-order valence-corrected chi connectivity index (χ1v) is 8.59. The summed E-state index contributed by atoms with van der Waals surface area (Å²) in [5.74, 6) is -0.494. The van der Waals surface area contributed by atoms with E-state index >= 15 is 0 Å². The first-order chi connectivity index (χ1) is 13.1. The number of alkyl halides is 3. The quantitative estimate of drug-likeness (QED) is 0.786. The SMILES string of the molecule is CC(=O)N(CC(=O)Nc1ccccc1OC(C)C)c1ccc(C(F)(F)F)cc1. The van der Waals surface area contributed by atoms with Crippen LogP contribution in [0.3, 0.4) is 0 Å².